The number of carbonyl (C=O) groups excluding carboxylic acids is 1. The van der Waals surface area contributed by atoms with Crippen molar-refractivity contribution in [3.63, 3.8) is 0 Å². The van der Waals surface area contributed by atoms with Crippen LogP contribution in [0.5, 0.6) is 11.5 Å². The molecule has 28 heavy (non-hydrogen) atoms. The summed E-state index contributed by atoms with van der Waals surface area (Å²) in [6.45, 7) is 4.78. The van der Waals surface area contributed by atoms with Crippen molar-refractivity contribution in [2.24, 2.45) is 5.92 Å². The van der Waals surface area contributed by atoms with Crippen molar-refractivity contribution >= 4 is 57.6 Å². The minimum absolute atomic E-state index is 0.170. The van der Waals surface area contributed by atoms with Gasteiger partial charge in [0.25, 0.3) is 5.91 Å². The highest BCUT2D eigenvalue weighted by molar-refractivity contribution is 8.27. The third-order valence-electron chi connectivity index (χ3n) is 3.92. The summed E-state index contributed by atoms with van der Waals surface area (Å²) in [5.74, 6) is 1.55. The van der Waals surface area contributed by atoms with Gasteiger partial charge in [0.15, 0.2) is 15.8 Å². The van der Waals surface area contributed by atoms with Gasteiger partial charge in [0.2, 0.25) is 0 Å². The Bertz CT molecular complexity index is 943. The number of ether oxygens (including phenoxy) is 2. The number of hydrogen-bond acceptors (Lipinski definition) is 5. The molecule has 2 aromatic rings. The molecule has 0 saturated carbocycles. The largest absolute Gasteiger partial charge is 0.493 e. The molecule has 3 rings (SSSR count). The summed E-state index contributed by atoms with van der Waals surface area (Å²) < 4.78 is 11.7. The van der Waals surface area contributed by atoms with Gasteiger partial charge < -0.3 is 9.47 Å². The first-order valence-electron chi connectivity index (χ1n) is 8.73. The predicted octanol–water partition coefficient (Wildman–Crippen LogP) is 5.79. The minimum atomic E-state index is -0.170. The summed E-state index contributed by atoms with van der Waals surface area (Å²) in [5, 5.41) is 0.553. The van der Waals surface area contributed by atoms with Gasteiger partial charge in [-0.25, -0.2) is 0 Å². The van der Waals surface area contributed by atoms with Crippen LogP contribution in [0.3, 0.4) is 0 Å². The van der Waals surface area contributed by atoms with Crippen molar-refractivity contribution in [1.29, 1.82) is 0 Å². The van der Waals surface area contributed by atoms with Gasteiger partial charge in [-0.2, -0.15) is 0 Å². The maximum Gasteiger partial charge on any atom is 0.270 e. The zero-order valence-electron chi connectivity index (χ0n) is 15.8. The predicted molar refractivity (Wildman–Crippen MR) is 120 cm³/mol. The molecule has 1 aliphatic heterocycles. The second kappa shape index (κ2) is 8.99. The van der Waals surface area contributed by atoms with E-state index in [4.69, 9.17) is 33.3 Å². The smallest absolute Gasteiger partial charge is 0.270 e. The molecule has 0 N–H and O–H groups in total. The lowest BCUT2D eigenvalue weighted by Gasteiger charge is -2.14. The second-order valence-corrected chi connectivity index (χ2v) is 8.72. The molecule has 0 bridgehead atoms. The third-order valence-corrected chi connectivity index (χ3v) is 5.45. The molecule has 0 unspecified atom stereocenters. The molecule has 0 radical (unpaired) electrons. The average Bonchev–Trinajstić information content (AvgIpc) is 2.93. The van der Waals surface area contributed by atoms with Crippen LogP contribution in [0.15, 0.2) is 47.4 Å². The highest BCUT2D eigenvalue weighted by Crippen LogP contribution is 2.37. The van der Waals surface area contributed by atoms with Crippen molar-refractivity contribution in [1.82, 2.24) is 0 Å². The number of nitrogens with zero attached hydrogens (tertiary/aromatic N) is 1. The summed E-state index contributed by atoms with van der Waals surface area (Å²) >= 11 is 12.7. The molecule has 146 valence electrons. The van der Waals surface area contributed by atoms with E-state index in [0.717, 1.165) is 5.56 Å². The standard InChI is InChI=1S/C21H20ClNO3S2/c1-13(2)12-26-17-8-7-14(9-18(17)25-3)10-19-20(24)23(21(27)28-19)16-6-4-5-15(22)11-16/h4-11,13H,12H2,1-3H3/b19-10+. The maximum atomic E-state index is 12.9. The third kappa shape index (κ3) is 4.69. The normalized spacial score (nSPS) is 15.6. The van der Waals surface area contributed by atoms with Crippen LogP contribution < -0.4 is 14.4 Å². The van der Waals surface area contributed by atoms with Crippen LogP contribution in [0.2, 0.25) is 5.02 Å². The molecule has 0 atom stereocenters. The number of benzene rings is 2. The van der Waals surface area contributed by atoms with Crippen LogP contribution in [-0.4, -0.2) is 23.9 Å². The zero-order chi connectivity index (χ0) is 20.3. The number of amides is 1. The molecule has 7 heteroatoms. The van der Waals surface area contributed by atoms with E-state index in [1.807, 2.05) is 24.3 Å². The summed E-state index contributed by atoms with van der Waals surface area (Å²) in [6.07, 6.45) is 1.80. The van der Waals surface area contributed by atoms with Gasteiger partial charge in [-0.3, -0.25) is 9.69 Å². The highest BCUT2D eigenvalue weighted by atomic mass is 35.5. The molecule has 2 aromatic carbocycles. The van der Waals surface area contributed by atoms with Crippen LogP contribution in [0.25, 0.3) is 6.08 Å². The fourth-order valence-electron chi connectivity index (χ4n) is 2.61. The Balaban J connectivity index is 1.85. The van der Waals surface area contributed by atoms with Gasteiger partial charge in [0.1, 0.15) is 0 Å². The van der Waals surface area contributed by atoms with Crippen molar-refractivity contribution in [2.45, 2.75) is 13.8 Å². The molecule has 0 aromatic heterocycles. The van der Waals surface area contributed by atoms with Crippen LogP contribution in [0.1, 0.15) is 19.4 Å². The first-order valence-corrected chi connectivity index (χ1v) is 10.3. The summed E-state index contributed by atoms with van der Waals surface area (Å²) in [5.41, 5.74) is 1.49. The monoisotopic (exact) mass is 433 g/mol. The van der Waals surface area contributed by atoms with Crippen LogP contribution >= 0.6 is 35.6 Å². The average molecular weight is 434 g/mol. The summed E-state index contributed by atoms with van der Waals surface area (Å²) in [7, 11) is 1.60. The number of hydrogen-bond donors (Lipinski definition) is 0. The van der Waals surface area contributed by atoms with Gasteiger partial charge >= 0.3 is 0 Å². The molecule has 0 aliphatic carbocycles. The lowest BCUT2D eigenvalue weighted by Crippen LogP contribution is -2.27. The van der Waals surface area contributed by atoms with E-state index in [2.05, 4.69) is 13.8 Å². The first-order chi connectivity index (χ1) is 13.4. The lowest BCUT2D eigenvalue weighted by atomic mass is 10.1. The second-order valence-electron chi connectivity index (χ2n) is 6.61. The van der Waals surface area contributed by atoms with Crippen molar-refractivity contribution in [3.8, 4) is 11.5 Å². The summed E-state index contributed by atoms with van der Waals surface area (Å²) in [4.78, 5) is 14.9. The number of carbonyl (C=O) groups is 1. The topological polar surface area (TPSA) is 38.8 Å². The van der Waals surface area contributed by atoms with E-state index < -0.39 is 0 Å². The van der Waals surface area contributed by atoms with E-state index in [1.165, 1.54) is 16.7 Å². The van der Waals surface area contributed by atoms with E-state index in [9.17, 15) is 4.79 Å². The molecule has 4 nitrogen and oxygen atoms in total. The summed E-state index contributed by atoms with van der Waals surface area (Å²) in [6, 6.07) is 12.7. The van der Waals surface area contributed by atoms with Crippen LogP contribution in [0.4, 0.5) is 5.69 Å². The van der Waals surface area contributed by atoms with Crippen LogP contribution in [0, 0.1) is 5.92 Å². The Hall–Kier alpha value is -2.02. The van der Waals surface area contributed by atoms with Gasteiger partial charge in [0, 0.05) is 5.02 Å². The number of thioether (sulfide) groups is 1. The van der Waals surface area contributed by atoms with E-state index >= 15 is 0 Å². The fourth-order valence-corrected chi connectivity index (χ4v) is 4.09. The number of methoxy groups -OCH3 is 1. The van der Waals surface area contributed by atoms with Gasteiger partial charge in [-0.15, -0.1) is 0 Å². The molecular weight excluding hydrogens is 414 g/mol. The molecule has 1 fully saturated rings. The Labute approximate surface area is 179 Å². The maximum absolute atomic E-state index is 12.9. The molecule has 1 aliphatic rings. The van der Waals surface area contributed by atoms with Crippen molar-refractivity contribution < 1.29 is 14.3 Å². The Morgan fingerprint density at radius 2 is 2.00 bits per heavy atom. The Morgan fingerprint density at radius 1 is 1.21 bits per heavy atom. The molecule has 1 heterocycles. The molecular formula is C21H20ClNO3S2. The number of rotatable bonds is 6. The zero-order valence-corrected chi connectivity index (χ0v) is 18.2. The van der Waals surface area contributed by atoms with E-state index in [1.54, 1.807) is 31.4 Å². The minimum Gasteiger partial charge on any atom is -0.493 e. The van der Waals surface area contributed by atoms with E-state index in [0.29, 0.717) is 44.0 Å². The van der Waals surface area contributed by atoms with Crippen molar-refractivity contribution in [3.05, 3.63) is 58.0 Å². The highest BCUT2D eigenvalue weighted by Gasteiger charge is 2.33. The Kier molecular flexibility index (Phi) is 6.65. The van der Waals surface area contributed by atoms with E-state index in [-0.39, 0.29) is 5.91 Å². The van der Waals surface area contributed by atoms with Gasteiger partial charge in [-0.05, 0) is 47.9 Å². The fraction of sp³-hybridized carbons (Fsp3) is 0.238. The first kappa shape index (κ1) is 20.7. The number of anilines is 1. The van der Waals surface area contributed by atoms with Crippen molar-refractivity contribution in [2.75, 3.05) is 18.6 Å². The molecule has 1 saturated heterocycles. The number of halogens is 1. The lowest BCUT2D eigenvalue weighted by molar-refractivity contribution is -0.113. The number of thiocarbonyl (C=S) groups is 1. The van der Waals surface area contributed by atoms with Gasteiger partial charge in [-0.1, -0.05) is 61.6 Å². The molecule has 1 amide bonds. The van der Waals surface area contributed by atoms with Gasteiger partial charge in [0.05, 0.1) is 24.3 Å². The SMILES string of the molecule is COc1cc(/C=C2/SC(=S)N(c3cccc(Cl)c3)C2=O)ccc1OCC(C)C. The molecule has 0 spiro atoms. The van der Waals surface area contributed by atoms with Crippen LogP contribution in [-0.2, 0) is 4.79 Å². The Morgan fingerprint density at radius 3 is 2.68 bits per heavy atom. The quantitative estimate of drug-likeness (QED) is 0.426.